The van der Waals surface area contributed by atoms with Crippen LogP contribution >= 0.6 is 0 Å². The number of nitrogens with zero attached hydrogens (tertiary/aromatic N) is 1. The Morgan fingerprint density at radius 2 is 2.13 bits per heavy atom. The number of hydrogen-bond donors (Lipinski definition) is 2. The molecule has 0 aromatic rings. The van der Waals surface area contributed by atoms with E-state index in [9.17, 15) is 4.79 Å². The first kappa shape index (κ1) is 12.3. The molecule has 2 N–H and O–H groups in total. The second kappa shape index (κ2) is 6.67. The van der Waals surface area contributed by atoms with Crippen molar-refractivity contribution >= 4 is 6.03 Å². The Labute approximate surface area is 92.4 Å². The number of carbonyl (C=O) groups excluding carboxylic acids is 1. The van der Waals surface area contributed by atoms with Crippen LogP contribution in [0.3, 0.4) is 0 Å². The predicted octanol–water partition coefficient (Wildman–Crippen LogP) is 1.18. The highest BCUT2D eigenvalue weighted by molar-refractivity contribution is 5.74. The molecular weight excluding hydrogens is 190 g/mol. The van der Waals surface area contributed by atoms with E-state index in [1.807, 2.05) is 18.7 Å². The molecule has 4 heteroatoms. The van der Waals surface area contributed by atoms with Gasteiger partial charge < -0.3 is 15.5 Å². The summed E-state index contributed by atoms with van der Waals surface area (Å²) in [6.45, 7) is 7.57. The van der Waals surface area contributed by atoms with Gasteiger partial charge in [-0.15, -0.1) is 0 Å². The third-order valence-electron chi connectivity index (χ3n) is 2.93. The molecule has 1 unspecified atom stereocenters. The lowest BCUT2D eigenvalue weighted by Crippen LogP contribution is -2.47. The van der Waals surface area contributed by atoms with Crippen LogP contribution in [-0.4, -0.2) is 43.2 Å². The molecule has 0 aromatic heterocycles. The standard InChI is InChI=1S/C11H23N3O/c1-3-14(4-2)11(15)13-10-7-5-6-8-12-9-10/h10,12H,3-9H2,1-2H3,(H,13,15). The van der Waals surface area contributed by atoms with E-state index in [0.29, 0.717) is 6.04 Å². The van der Waals surface area contributed by atoms with Crippen molar-refractivity contribution in [2.24, 2.45) is 0 Å². The van der Waals surface area contributed by atoms with Crippen molar-refractivity contribution < 1.29 is 4.79 Å². The summed E-state index contributed by atoms with van der Waals surface area (Å²) in [5.41, 5.74) is 0. The molecule has 1 heterocycles. The molecule has 1 atom stereocenters. The Morgan fingerprint density at radius 3 is 2.80 bits per heavy atom. The quantitative estimate of drug-likeness (QED) is 0.739. The maximum Gasteiger partial charge on any atom is 0.317 e. The van der Waals surface area contributed by atoms with E-state index in [0.717, 1.165) is 32.6 Å². The Balaban J connectivity index is 2.34. The average Bonchev–Trinajstić information content (AvgIpc) is 2.48. The van der Waals surface area contributed by atoms with Gasteiger partial charge in [0, 0.05) is 25.7 Å². The van der Waals surface area contributed by atoms with Gasteiger partial charge in [-0.05, 0) is 33.2 Å². The summed E-state index contributed by atoms with van der Waals surface area (Å²) >= 11 is 0. The predicted molar refractivity (Wildman–Crippen MR) is 62.0 cm³/mol. The van der Waals surface area contributed by atoms with Crippen molar-refractivity contribution in [3.63, 3.8) is 0 Å². The van der Waals surface area contributed by atoms with Crippen molar-refractivity contribution in [3.05, 3.63) is 0 Å². The second-order valence-electron chi connectivity index (χ2n) is 4.02. The van der Waals surface area contributed by atoms with E-state index in [2.05, 4.69) is 10.6 Å². The van der Waals surface area contributed by atoms with Crippen LogP contribution in [0.4, 0.5) is 4.79 Å². The highest BCUT2D eigenvalue weighted by atomic mass is 16.2. The van der Waals surface area contributed by atoms with Gasteiger partial charge in [0.2, 0.25) is 0 Å². The van der Waals surface area contributed by atoms with Gasteiger partial charge in [0.05, 0.1) is 0 Å². The molecule has 0 aromatic carbocycles. The number of nitrogens with one attached hydrogen (secondary N) is 2. The lowest BCUT2D eigenvalue weighted by Gasteiger charge is -2.23. The number of amides is 2. The van der Waals surface area contributed by atoms with E-state index < -0.39 is 0 Å². The molecule has 0 bridgehead atoms. The fourth-order valence-corrected chi connectivity index (χ4v) is 1.92. The van der Waals surface area contributed by atoms with Crippen LogP contribution in [0.1, 0.15) is 33.1 Å². The fourth-order valence-electron chi connectivity index (χ4n) is 1.92. The molecular formula is C11H23N3O. The third-order valence-corrected chi connectivity index (χ3v) is 2.93. The van der Waals surface area contributed by atoms with E-state index in [4.69, 9.17) is 0 Å². The molecule has 1 aliphatic rings. The fraction of sp³-hybridized carbons (Fsp3) is 0.909. The average molecular weight is 213 g/mol. The van der Waals surface area contributed by atoms with Crippen molar-refractivity contribution in [2.45, 2.75) is 39.2 Å². The zero-order valence-corrected chi connectivity index (χ0v) is 9.88. The molecule has 0 spiro atoms. The van der Waals surface area contributed by atoms with Gasteiger partial charge in [0.1, 0.15) is 0 Å². The van der Waals surface area contributed by atoms with Crippen LogP contribution < -0.4 is 10.6 Å². The number of hydrogen-bond acceptors (Lipinski definition) is 2. The molecule has 1 saturated heterocycles. The summed E-state index contributed by atoms with van der Waals surface area (Å²) in [6.07, 6.45) is 3.52. The van der Waals surface area contributed by atoms with Gasteiger partial charge in [-0.2, -0.15) is 0 Å². The molecule has 0 aliphatic carbocycles. The lowest BCUT2D eigenvalue weighted by molar-refractivity contribution is 0.198. The summed E-state index contributed by atoms with van der Waals surface area (Å²) in [7, 11) is 0. The third kappa shape index (κ3) is 4.08. The normalized spacial score (nSPS) is 21.9. The van der Waals surface area contributed by atoms with Crippen LogP contribution in [0.15, 0.2) is 0 Å². The van der Waals surface area contributed by atoms with E-state index >= 15 is 0 Å². The zero-order chi connectivity index (χ0) is 11.1. The zero-order valence-electron chi connectivity index (χ0n) is 9.88. The molecule has 88 valence electrons. The monoisotopic (exact) mass is 213 g/mol. The Bertz CT molecular complexity index is 184. The highest BCUT2D eigenvalue weighted by Gasteiger charge is 2.16. The van der Waals surface area contributed by atoms with Crippen molar-refractivity contribution in [1.82, 2.24) is 15.5 Å². The SMILES string of the molecule is CCN(CC)C(=O)NC1CCCCNC1. The minimum atomic E-state index is 0.0775. The topological polar surface area (TPSA) is 44.4 Å². The number of rotatable bonds is 3. The summed E-state index contributed by atoms with van der Waals surface area (Å²) in [5.74, 6) is 0. The van der Waals surface area contributed by atoms with E-state index in [1.54, 1.807) is 0 Å². The maximum absolute atomic E-state index is 11.8. The summed E-state index contributed by atoms with van der Waals surface area (Å²) < 4.78 is 0. The molecule has 1 rings (SSSR count). The van der Waals surface area contributed by atoms with Gasteiger partial charge in [-0.25, -0.2) is 4.79 Å². The largest absolute Gasteiger partial charge is 0.334 e. The highest BCUT2D eigenvalue weighted by Crippen LogP contribution is 2.04. The summed E-state index contributed by atoms with van der Waals surface area (Å²) in [5, 5.41) is 6.43. The molecule has 0 radical (unpaired) electrons. The van der Waals surface area contributed by atoms with Gasteiger partial charge in [0.25, 0.3) is 0 Å². The van der Waals surface area contributed by atoms with Crippen LogP contribution in [0.2, 0.25) is 0 Å². The Hall–Kier alpha value is -0.770. The molecule has 0 saturated carbocycles. The van der Waals surface area contributed by atoms with E-state index in [1.165, 1.54) is 12.8 Å². The minimum Gasteiger partial charge on any atom is -0.334 e. The summed E-state index contributed by atoms with van der Waals surface area (Å²) in [4.78, 5) is 13.6. The Kier molecular flexibility index (Phi) is 5.47. The van der Waals surface area contributed by atoms with Gasteiger partial charge in [-0.1, -0.05) is 6.42 Å². The second-order valence-corrected chi connectivity index (χ2v) is 4.02. The molecule has 2 amide bonds. The van der Waals surface area contributed by atoms with Crippen LogP contribution in [-0.2, 0) is 0 Å². The molecule has 1 fully saturated rings. The van der Waals surface area contributed by atoms with Crippen LogP contribution in [0.5, 0.6) is 0 Å². The van der Waals surface area contributed by atoms with Crippen molar-refractivity contribution in [3.8, 4) is 0 Å². The van der Waals surface area contributed by atoms with Crippen molar-refractivity contribution in [1.29, 1.82) is 0 Å². The lowest BCUT2D eigenvalue weighted by atomic mass is 10.1. The van der Waals surface area contributed by atoms with Crippen LogP contribution in [0, 0.1) is 0 Å². The van der Waals surface area contributed by atoms with E-state index in [-0.39, 0.29) is 6.03 Å². The summed E-state index contributed by atoms with van der Waals surface area (Å²) in [6, 6.07) is 0.384. The molecule has 4 nitrogen and oxygen atoms in total. The first-order valence-electron chi connectivity index (χ1n) is 6.04. The van der Waals surface area contributed by atoms with Gasteiger partial charge in [-0.3, -0.25) is 0 Å². The smallest absolute Gasteiger partial charge is 0.317 e. The first-order chi connectivity index (χ1) is 7.27. The number of carbonyl (C=O) groups is 1. The molecule has 1 aliphatic heterocycles. The Morgan fingerprint density at radius 1 is 1.40 bits per heavy atom. The number of urea groups is 1. The first-order valence-corrected chi connectivity index (χ1v) is 6.04. The van der Waals surface area contributed by atoms with Gasteiger partial charge >= 0.3 is 6.03 Å². The van der Waals surface area contributed by atoms with Gasteiger partial charge in [0.15, 0.2) is 0 Å². The maximum atomic E-state index is 11.8. The minimum absolute atomic E-state index is 0.0775. The van der Waals surface area contributed by atoms with Crippen LogP contribution in [0.25, 0.3) is 0 Å². The van der Waals surface area contributed by atoms with Crippen molar-refractivity contribution in [2.75, 3.05) is 26.2 Å². The molecule has 15 heavy (non-hydrogen) atoms.